The van der Waals surface area contributed by atoms with Crippen molar-refractivity contribution in [3.05, 3.63) is 131 Å². The Balaban J connectivity index is 1.52. The SMILES string of the molecule is COc1cccc(C(=O)C2C(C(=O)c3ccccc3OCC#N)N3C=Cc4ccccc4C3C23C(=O)Nc2ccccc23)c1. The molecule has 1 spiro atoms. The number of fused-ring (bicyclic) bond motifs is 6. The zero-order valence-electron chi connectivity index (χ0n) is 23.8. The normalized spacial score (nSPS) is 22.4. The first-order chi connectivity index (χ1) is 21.5. The molecule has 0 saturated carbocycles. The molecule has 8 heteroatoms. The van der Waals surface area contributed by atoms with Gasteiger partial charge in [-0.15, -0.1) is 0 Å². The summed E-state index contributed by atoms with van der Waals surface area (Å²) in [7, 11) is 1.52. The molecule has 0 bridgehead atoms. The molecule has 1 N–H and O–H groups in total. The van der Waals surface area contributed by atoms with E-state index in [-0.39, 0.29) is 35.4 Å². The van der Waals surface area contributed by atoms with Crippen LogP contribution >= 0.6 is 0 Å². The van der Waals surface area contributed by atoms with Gasteiger partial charge < -0.3 is 19.7 Å². The highest BCUT2D eigenvalue weighted by atomic mass is 16.5. The molecule has 4 aromatic rings. The summed E-state index contributed by atoms with van der Waals surface area (Å²) in [6.07, 6.45) is 3.73. The van der Waals surface area contributed by atoms with Gasteiger partial charge in [0.2, 0.25) is 5.91 Å². The van der Waals surface area contributed by atoms with Gasteiger partial charge in [0.1, 0.15) is 29.0 Å². The number of ketones is 2. The number of hydrogen-bond acceptors (Lipinski definition) is 7. The Morgan fingerprint density at radius 1 is 0.955 bits per heavy atom. The number of carbonyl (C=O) groups is 3. The van der Waals surface area contributed by atoms with Gasteiger partial charge in [-0.2, -0.15) is 5.26 Å². The van der Waals surface area contributed by atoms with Gasteiger partial charge in [0.05, 0.1) is 24.6 Å². The summed E-state index contributed by atoms with van der Waals surface area (Å²) >= 11 is 0. The van der Waals surface area contributed by atoms with Gasteiger partial charge in [0, 0.05) is 17.5 Å². The quantitative estimate of drug-likeness (QED) is 0.284. The second-order valence-electron chi connectivity index (χ2n) is 11.0. The molecule has 4 aromatic carbocycles. The number of rotatable bonds is 7. The van der Waals surface area contributed by atoms with Crippen LogP contribution in [0.5, 0.6) is 11.5 Å². The molecule has 4 atom stereocenters. The molecule has 4 unspecified atom stereocenters. The van der Waals surface area contributed by atoms with Crippen molar-refractivity contribution in [2.75, 3.05) is 19.0 Å². The number of benzene rings is 4. The molecule has 7 rings (SSSR count). The molecule has 1 amide bonds. The fourth-order valence-corrected chi connectivity index (χ4v) is 7.19. The Morgan fingerprint density at radius 3 is 2.57 bits per heavy atom. The molecule has 1 fully saturated rings. The van der Waals surface area contributed by atoms with Gasteiger partial charge in [-0.25, -0.2) is 0 Å². The maximum atomic E-state index is 15.0. The van der Waals surface area contributed by atoms with Crippen molar-refractivity contribution in [1.29, 1.82) is 5.26 Å². The van der Waals surface area contributed by atoms with E-state index in [1.807, 2.05) is 71.8 Å². The fourth-order valence-electron chi connectivity index (χ4n) is 7.19. The Morgan fingerprint density at radius 2 is 1.73 bits per heavy atom. The molecule has 8 nitrogen and oxygen atoms in total. The molecule has 216 valence electrons. The molecule has 0 aliphatic carbocycles. The zero-order chi connectivity index (χ0) is 30.4. The number of nitriles is 1. The number of anilines is 1. The van der Waals surface area contributed by atoms with Crippen LogP contribution in [-0.2, 0) is 10.2 Å². The van der Waals surface area contributed by atoms with Gasteiger partial charge >= 0.3 is 0 Å². The third-order valence-corrected chi connectivity index (χ3v) is 8.92. The third kappa shape index (κ3) is 3.86. The molecule has 0 radical (unpaired) electrons. The predicted molar refractivity (Wildman–Crippen MR) is 163 cm³/mol. The van der Waals surface area contributed by atoms with Gasteiger partial charge in [-0.1, -0.05) is 66.7 Å². The Bertz CT molecular complexity index is 1910. The summed E-state index contributed by atoms with van der Waals surface area (Å²) in [6.45, 7) is -0.250. The van der Waals surface area contributed by atoms with Crippen molar-refractivity contribution in [2.24, 2.45) is 5.92 Å². The van der Waals surface area contributed by atoms with Crippen molar-refractivity contribution in [1.82, 2.24) is 4.90 Å². The lowest BCUT2D eigenvalue weighted by Gasteiger charge is -2.38. The lowest BCUT2D eigenvalue weighted by atomic mass is 9.62. The molecule has 0 aromatic heterocycles. The monoisotopic (exact) mass is 581 g/mol. The average Bonchev–Trinajstić information content (AvgIpc) is 3.55. The van der Waals surface area contributed by atoms with Crippen molar-refractivity contribution in [3.63, 3.8) is 0 Å². The van der Waals surface area contributed by atoms with Crippen LogP contribution in [0.2, 0.25) is 0 Å². The smallest absolute Gasteiger partial charge is 0.238 e. The molecular formula is C36H27N3O5. The summed E-state index contributed by atoms with van der Waals surface area (Å²) in [5.74, 6) is -1.50. The van der Waals surface area contributed by atoms with E-state index < -0.39 is 23.4 Å². The highest BCUT2D eigenvalue weighted by molar-refractivity contribution is 6.17. The first-order valence-corrected chi connectivity index (χ1v) is 14.3. The van der Waals surface area contributed by atoms with E-state index in [9.17, 15) is 19.6 Å². The summed E-state index contributed by atoms with van der Waals surface area (Å²) in [5, 5.41) is 12.2. The molecule has 44 heavy (non-hydrogen) atoms. The van der Waals surface area contributed by atoms with E-state index in [2.05, 4.69) is 5.32 Å². The number of hydrogen-bond donors (Lipinski definition) is 1. The van der Waals surface area contributed by atoms with Crippen molar-refractivity contribution < 1.29 is 23.9 Å². The minimum absolute atomic E-state index is 0.228. The minimum atomic E-state index is -1.46. The summed E-state index contributed by atoms with van der Waals surface area (Å²) in [5.41, 5.74) is 2.12. The summed E-state index contributed by atoms with van der Waals surface area (Å²) in [6, 6.07) is 28.8. The van der Waals surface area contributed by atoms with E-state index in [0.717, 1.165) is 11.1 Å². The number of ether oxygens (including phenoxy) is 2. The Hall–Kier alpha value is -5.68. The number of para-hydroxylation sites is 2. The Labute approximate surface area is 254 Å². The van der Waals surface area contributed by atoms with Gasteiger partial charge in [0.25, 0.3) is 0 Å². The largest absolute Gasteiger partial charge is 0.497 e. The fraction of sp³-hybridized carbons (Fsp3) is 0.167. The number of nitrogens with one attached hydrogen (secondary N) is 1. The molecule has 3 aliphatic rings. The molecule has 3 heterocycles. The van der Waals surface area contributed by atoms with Crippen molar-refractivity contribution >= 4 is 29.2 Å². The first kappa shape index (κ1) is 27.2. The van der Waals surface area contributed by atoms with Crippen LogP contribution in [0.15, 0.2) is 103 Å². The Kier molecular flexibility index (Phi) is 6.51. The lowest BCUT2D eigenvalue weighted by molar-refractivity contribution is -0.122. The number of carbonyl (C=O) groups excluding carboxylic acids is 3. The van der Waals surface area contributed by atoms with Crippen LogP contribution < -0.4 is 14.8 Å². The summed E-state index contributed by atoms with van der Waals surface area (Å²) in [4.78, 5) is 46.3. The highest BCUT2D eigenvalue weighted by Gasteiger charge is 2.70. The topological polar surface area (TPSA) is 109 Å². The van der Waals surface area contributed by atoms with Crippen LogP contribution in [0.1, 0.15) is 43.4 Å². The van der Waals surface area contributed by atoms with E-state index in [4.69, 9.17) is 9.47 Å². The second kappa shape index (κ2) is 10.5. The van der Waals surface area contributed by atoms with Crippen molar-refractivity contribution in [2.45, 2.75) is 17.5 Å². The van der Waals surface area contributed by atoms with Crippen molar-refractivity contribution in [3.8, 4) is 17.6 Å². The number of methoxy groups -OCH3 is 1. The van der Waals surface area contributed by atoms with Gasteiger partial charge in [0.15, 0.2) is 18.2 Å². The second-order valence-corrected chi connectivity index (χ2v) is 11.0. The predicted octanol–water partition coefficient (Wildman–Crippen LogP) is 5.58. The maximum Gasteiger partial charge on any atom is 0.238 e. The highest BCUT2D eigenvalue weighted by Crippen LogP contribution is 2.62. The average molecular weight is 582 g/mol. The first-order valence-electron chi connectivity index (χ1n) is 14.3. The van der Waals surface area contributed by atoms with E-state index >= 15 is 0 Å². The van der Waals surface area contributed by atoms with Gasteiger partial charge in [-0.05, 0) is 53.1 Å². The van der Waals surface area contributed by atoms with E-state index in [0.29, 0.717) is 22.6 Å². The van der Waals surface area contributed by atoms with Crippen LogP contribution in [-0.4, -0.2) is 42.1 Å². The zero-order valence-corrected chi connectivity index (χ0v) is 23.8. The summed E-state index contributed by atoms with van der Waals surface area (Å²) < 4.78 is 11.1. The third-order valence-electron chi connectivity index (χ3n) is 8.92. The van der Waals surface area contributed by atoms with E-state index in [1.54, 1.807) is 48.5 Å². The van der Waals surface area contributed by atoms with Gasteiger partial charge in [-0.3, -0.25) is 14.4 Å². The lowest BCUT2D eigenvalue weighted by Crippen LogP contribution is -2.49. The molecular weight excluding hydrogens is 554 g/mol. The number of nitrogens with zero attached hydrogens (tertiary/aromatic N) is 2. The maximum absolute atomic E-state index is 15.0. The molecule has 3 aliphatic heterocycles. The standard InChI is InChI=1S/C36H27N3O5/c1-43-24-11-8-10-23(21-24)32(40)30-31(33(41)26-13-4-7-16-29(26)44-20-18-37)39-19-17-22-9-2-3-12-25(22)34(39)36(30)27-14-5-6-15-28(27)38-35(36)42/h2-17,19,21,30-31,34H,20H2,1H3,(H,38,42). The number of Topliss-reactive ketones (excluding diaryl/α,β-unsaturated/α-hetero) is 2. The van der Waals surface area contributed by atoms with Crippen LogP contribution in [0.3, 0.4) is 0 Å². The van der Waals surface area contributed by atoms with E-state index in [1.165, 1.54) is 7.11 Å². The molecule has 1 saturated heterocycles. The van der Waals surface area contributed by atoms with Crippen LogP contribution in [0.25, 0.3) is 6.08 Å². The number of amides is 1. The van der Waals surface area contributed by atoms with Crippen LogP contribution in [0, 0.1) is 17.2 Å². The minimum Gasteiger partial charge on any atom is -0.497 e. The van der Waals surface area contributed by atoms with Crippen LogP contribution in [0.4, 0.5) is 5.69 Å².